The predicted molar refractivity (Wildman–Crippen MR) is 82.8 cm³/mol. The van der Waals surface area contributed by atoms with Crippen LogP contribution in [0.25, 0.3) is 0 Å². The van der Waals surface area contributed by atoms with Gasteiger partial charge in [0.25, 0.3) is 0 Å². The van der Waals surface area contributed by atoms with Crippen LogP contribution in [0.5, 0.6) is 0 Å². The van der Waals surface area contributed by atoms with Crippen LogP contribution in [0.3, 0.4) is 0 Å². The van der Waals surface area contributed by atoms with Gasteiger partial charge in [-0.05, 0) is 13.3 Å². The van der Waals surface area contributed by atoms with E-state index in [1.54, 1.807) is 0 Å². The van der Waals surface area contributed by atoms with Crippen molar-refractivity contribution in [2.45, 2.75) is 64.9 Å². The van der Waals surface area contributed by atoms with Crippen molar-refractivity contribution in [3.8, 4) is 0 Å². The molecule has 0 bridgehead atoms. The van der Waals surface area contributed by atoms with Gasteiger partial charge in [-0.3, -0.25) is 4.79 Å². The lowest BCUT2D eigenvalue weighted by molar-refractivity contribution is -0.139. The number of carboxylic acids is 1. The van der Waals surface area contributed by atoms with E-state index in [1.807, 2.05) is 18.2 Å². The van der Waals surface area contributed by atoms with Crippen LogP contribution in [0.2, 0.25) is 0 Å². The van der Waals surface area contributed by atoms with Gasteiger partial charge >= 0.3 is 5.97 Å². The molecule has 1 unspecified atom stereocenters. The topological polar surface area (TPSA) is 57.5 Å². The summed E-state index contributed by atoms with van der Waals surface area (Å²) in [6.07, 6.45) is 5.52. The van der Waals surface area contributed by atoms with Crippen molar-refractivity contribution >= 4 is 5.97 Å². The highest BCUT2D eigenvalue weighted by atomic mass is 16.4. The molecule has 1 aromatic carbocycles. The molecule has 1 atom stereocenters. The van der Waals surface area contributed by atoms with E-state index in [2.05, 4.69) is 26.0 Å². The molecule has 0 aromatic heterocycles. The minimum absolute atomic E-state index is 0.117. The SMILES string of the molecule is CCCCCCCC(O)CC(=O)O.Cc1ccccc1. The van der Waals surface area contributed by atoms with Crippen LogP contribution in [0.1, 0.15) is 57.4 Å². The van der Waals surface area contributed by atoms with Gasteiger partial charge in [-0.25, -0.2) is 0 Å². The molecule has 0 saturated carbocycles. The highest BCUT2D eigenvalue weighted by Crippen LogP contribution is 2.08. The second-order valence-electron chi connectivity index (χ2n) is 5.11. The maximum atomic E-state index is 10.2. The summed E-state index contributed by atoms with van der Waals surface area (Å²) in [5, 5.41) is 17.6. The highest BCUT2D eigenvalue weighted by molar-refractivity contribution is 5.67. The first-order valence-electron chi connectivity index (χ1n) is 7.47. The summed E-state index contributed by atoms with van der Waals surface area (Å²) in [7, 11) is 0. The van der Waals surface area contributed by atoms with Crippen LogP contribution in [-0.4, -0.2) is 22.3 Å². The standard InChI is InChI=1S/C10H20O3.C7H8/c1-2-3-4-5-6-7-9(11)8-10(12)13;1-7-5-3-2-4-6-7/h9,11H,2-8H2,1H3,(H,12,13);2-6H,1H3. The number of aliphatic carboxylic acids is 1. The molecule has 0 fully saturated rings. The Morgan fingerprint density at radius 2 is 1.70 bits per heavy atom. The number of hydrogen-bond acceptors (Lipinski definition) is 2. The molecule has 0 amide bonds. The molecular weight excluding hydrogens is 252 g/mol. The summed E-state index contributed by atoms with van der Waals surface area (Å²) >= 11 is 0. The first-order valence-corrected chi connectivity index (χ1v) is 7.47. The Hall–Kier alpha value is -1.35. The molecule has 1 rings (SSSR count). The lowest BCUT2D eigenvalue weighted by Gasteiger charge is -2.06. The van der Waals surface area contributed by atoms with E-state index in [-0.39, 0.29) is 6.42 Å². The average molecular weight is 280 g/mol. The third-order valence-electron chi connectivity index (χ3n) is 2.99. The minimum Gasteiger partial charge on any atom is -0.481 e. The summed E-state index contributed by atoms with van der Waals surface area (Å²) in [6.45, 7) is 4.24. The van der Waals surface area contributed by atoms with E-state index in [0.717, 1.165) is 12.8 Å². The van der Waals surface area contributed by atoms with Gasteiger partial charge in [0.1, 0.15) is 0 Å². The summed E-state index contributed by atoms with van der Waals surface area (Å²) in [6, 6.07) is 10.3. The lowest BCUT2D eigenvalue weighted by Crippen LogP contribution is -2.12. The lowest BCUT2D eigenvalue weighted by atomic mass is 10.1. The third-order valence-corrected chi connectivity index (χ3v) is 2.99. The molecule has 0 aliphatic carbocycles. The van der Waals surface area contributed by atoms with E-state index in [9.17, 15) is 9.90 Å². The molecule has 114 valence electrons. The van der Waals surface area contributed by atoms with Crippen molar-refractivity contribution in [3.63, 3.8) is 0 Å². The number of rotatable bonds is 8. The van der Waals surface area contributed by atoms with Crippen LogP contribution in [0.15, 0.2) is 30.3 Å². The van der Waals surface area contributed by atoms with Gasteiger partial charge in [0.15, 0.2) is 0 Å². The van der Waals surface area contributed by atoms with Crippen molar-refractivity contribution in [2.24, 2.45) is 0 Å². The van der Waals surface area contributed by atoms with Gasteiger partial charge in [-0.2, -0.15) is 0 Å². The van der Waals surface area contributed by atoms with Gasteiger partial charge in [-0.1, -0.05) is 74.9 Å². The van der Waals surface area contributed by atoms with Crippen LogP contribution >= 0.6 is 0 Å². The van der Waals surface area contributed by atoms with Crippen molar-refractivity contribution in [1.82, 2.24) is 0 Å². The molecule has 2 N–H and O–H groups in total. The summed E-state index contributed by atoms with van der Waals surface area (Å²) in [5.41, 5.74) is 1.32. The van der Waals surface area contributed by atoms with E-state index in [4.69, 9.17) is 5.11 Å². The number of aryl methyl sites for hydroxylation is 1. The number of carboxylic acid groups (broad SMARTS) is 1. The Morgan fingerprint density at radius 3 is 2.15 bits per heavy atom. The zero-order chi connectivity index (χ0) is 15.2. The van der Waals surface area contributed by atoms with Crippen molar-refractivity contribution in [3.05, 3.63) is 35.9 Å². The molecule has 3 nitrogen and oxygen atoms in total. The zero-order valence-electron chi connectivity index (χ0n) is 12.7. The third kappa shape index (κ3) is 13.1. The zero-order valence-corrected chi connectivity index (χ0v) is 12.7. The Balaban J connectivity index is 0.000000428. The molecule has 0 spiro atoms. The van der Waals surface area contributed by atoms with Gasteiger partial charge < -0.3 is 10.2 Å². The van der Waals surface area contributed by atoms with Crippen molar-refractivity contribution in [2.75, 3.05) is 0 Å². The van der Waals surface area contributed by atoms with Crippen LogP contribution in [0.4, 0.5) is 0 Å². The van der Waals surface area contributed by atoms with E-state index in [0.29, 0.717) is 6.42 Å². The summed E-state index contributed by atoms with van der Waals surface area (Å²) in [5.74, 6) is -0.916. The Kier molecular flexibility index (Phi) is 11.8. The fourth-order valence-electron chi connectivity index (χ4n) is 1.82. The fourth-order valence-corrected chi connectivity index (χ4v) is 1.82. The molecule has 0 heterocycles. The van der Waals surface area contributed by atoms with Crippen molar-refractivity contribution < 1.29 is 15.0 Å². The first kappa shape index (κ1) is 18.7. The van der Waals surface area contributed by atoms with E-state index < -0.39 is 12.1 Å². The number of carbonyl (C=O) groups is 1. The van der Waals surface area contributed by atoms with E-state index >= 15 is 0 Å². The number of hydrogen-bond donors (Lipinski definition) is 2. The normalized spacial score (nSPS) is 11.3. The quantitative estimate of drug-likeness (QED) is 0.702. The highest BCUT2D eigenvalue weighted by Gasteiger charge is 2.08. The minimum atomic E-state index is -0.916. The number of aliphatic hydroxyl groups is 1. The second-order valence-corrected chi connectivity index (χ2v) is 5.11. The molecule has 1 aromatic rings. The molecular formula is C17H28O3. The maximum absolute atomic E-state index is 10.2. The smallest absolute Gasteiger partial charge is 0.305 e. The summed E-state index contributed by atoms with van der Waals surface area (Å²) < 4.78 is 0. The largest absolute Gasteiger partial charge is 0.481 e. The second kappa shape index (κ2) is 12.7. The molecule has 0 aliphatic heterocycles. The Bertz CT molecular complexity index is 335. The maximum Gasteiger partial charge on any atom is 0.305 e. The van der Waals surface area contributed by atoms with Crippen LogP contribution in [0, 0.1) is 6.92 Å². The van der Waals surface area contributed by atoms with Crippen molar-refractivity contribution in [1.29, 1.82) is 0 Å². The number of benzene rings is 1. The fraction of sp³-hybridized carbons (Fsp3) is 0.588. The summed E-state index contributed by atoms with van der Waals surface area (Å²) in [4.78, 5) is 10.2. The average Bonchev–Trinajstić information content (AvgIpc) is 2.39. The number of unbranched alkanes of at least 4 members (excludes halogenated alkanes) is 4. The Morgan fingerprint density at radius 1 is 1.10 bits per heavy atom. The van der Waals surface area contributed by atoms with E-state index in [1.165, 1.54) is 24.8 Å². The van der Waals surface area contributed by atoms with Gasteiger partial charge in [-0.15, -0.1) is 0 Å². The van der Waals surface area contributed by atoms with Crippen LogP contribution < -0.4 is 0 Å². The first-order chi connectivity index (χ1) is 9.56. The predicted octanol–water partition coefficient (Wildman–Crippen LogP) is 4.18. The molecule has 3 heteroatoms. The van der Waals surface area contributed by atoms with Gasteiger partial charge in [0, 0.05) is 0 Å². The molecule has 0 radical (unpaired) electrons. The molecule has 20 heavy (non-hydrogen) atoms. The molecule has 0 aliphatic rings. The Labute approximate surface area is 122 Å². The van der Waals surface area contributed by atoms with Gasteiger partial charge in [0.05, 0.1) is 12.5 Å². The van der Waals surface area contributed by atoms with Gasteiger partial charge in [0.2, 0.25) is 0 Å². The van der Waals surface area contributed by atoms with Crippen LogP contribution in [-0.2, 0) is 4.79 Å². The number of aliphatic hydroxyl groups excluding tert-OH is 1. The molecule has 0 saturated heterocycles. The monoisotopic (exact) mass is 280 g/mol.